The van der Waals surface area contributed by atoms with Crippen LogP contribution in [0, 0.1) is 13.8 Å². The number of nitrogens with one attached hydrogen (secondary N) is 1. The van der Waals surface area contributed by atoms with E-state index in [-0.39, 0.29) is 0 Å². The van der Waals surface area contributed by atoms with Crippen LogP contribution in [-0.4, -0.2) is 0 Å². The lowest BCUT2D eigenvalue weighted by Gasteiger charge is -2.17. The van der Waals surface area contributed by atoms with Crippen LogP contribution < -0.4 is 5.32 Å². The Labute approximate surface area is 124 Å². The van der Waals surface area contributed by atoms with Gasteiger partial charge in [-0.05, 0) is 55.2 Å². The summed E-state index contributed by atoms with van der Waals surface area (Å²) in [6.45, 7) is 7.47. The zero-order valence-corrected chi connectivity index (χ0v) is 13.3. The molecule has 2 aromatic carbocycles. The molecule has 0 aromatic heterocycles. The molecule has 2 aromatic rings. The van der Waals surface area contributed by atoms with Gasteiger partial charge in [0.05, 0.1) is 0 Å². The molecule has 0 bridgehead atoms. The Morgan fingerprint density at radius 2 is 1.58 bits per heavy atom. The predicted molar refractivity (Wildman–Crippen MR) is 85.3 cm³/mol. The third-order valence-corrected chi connectivity index (χ3v) is 4.13. The number of aryl methyl sites for hydroxylation is 2. The second-order valence-electron chi connectivity index (χ2n) is 5.02. The summed E-state index contributed by atoms with van der Waals surface area (Å²) in [4.78, 5) is 0. The molecule has 0 aliphatic carbocycles. The molecule has 0 radical (unpaired) electrons. The van der Waals surface area contributed by atoms with E-state index in [2.05, 4.69) is 84.5 Å². The number of halogens is 1. The third-order valence-electron chi connectivity index (χ3n) is 3.60. The first-order valence-electron chi connectivity index (χ1n) is 6.62. The van der Waals surface area contributed by atoms with Crippen LogP contribution in [0.4, 0.5) is 0 Å². The first-order valence-corrected chi connectivity index (χ1v) is 7.41. The molecule has 1 atom stereocenters. The Bertz CT molecular complexity index is 525. The van der Waals surface area contributed by atoms with E-state index < -0.39 is 0 Å². The minimum Gasteiger partial charge on any atom is -0.306 e. The fourth-order valence-corrected chi connectivity index (χ4v) is 2.52. The van der Waals surface area contributed by atoms with Gasteiger partial charge < -0.3 is 5.32 Å². The fourth-order valence-electron chi connectivity index (χ4n) is 2.25. The van der Waals surface area contributed by atoms with Gasteiger partial charge in [-0.15, -0.1) is 0 Å². The SMILES string of the molecule is Cc1cccc(C)c1CNC(C)c1ccc(Br)cc1. The quantitative estimate of drug-likeness (QED) is 0.844. The minimum atomic E-state index is 0.354. The van der Waals surface area contributed by atoms with Crippen LogP contribution in [0.25, 0.3) is 0 Å². The van der Waals surface area contributed by atoms with Crippen LogP contribution in [0.5, 0.6) is 0 Å². The van der Waals surface area contributed by atoms with Gasteiger partial charge in [-0.3, -0.25) is 0 Å². The first kappa shape index (κ1) is 14.3. The molecule has 100 valence electrons. The van der Waals surface area contributed by atoms with Gasteiger partial charge in [0.1, 0.15) is 0 Å². The summed E-state index contributed by atoms with van der Waals surface area (Å²) in [5.41, 5.74) is 5.44. The highest BCUT2D eigenvalue weighted by Crippen LogP contribution is 2.18. The van der Waals surface area contributed by atoms with E-state index in [1.165, 1.54) is 22.3 Å². The van der Waals surface area contributed by atoms with E-state index in [9.17, 15) is 0 Å². The second kappa shape index (κ2) is 6.36. The van der Waals surface area contributed by atoms with Crippen molar-refractivity contribution in [2.45, 2.75) is 33.4 Å². The van der Waals surface area contributed by atoms with Crippen molar-refractivity contribution in [2.24, 2.45) is 0 Å². The summed E-state index contributed by atoms with van der Waals surface area (Å²) in [5.74, 6) is 0. The van der Waals surface area contributed by atoms with E-state index in [0.29, 0.717) is 6.04 Å². The number of rotatable bonds is 4. The summed E-state index contributed by atoms with van der Waals surface area (Å²) in [6.07, 6.45) is 0. The maximum absolute atomic E-state index is 3.60. The smallest absolute Gasteiger partial charge is 0.0294 e. The fraction of sp³-hybridized carbons (Fsp3) is 0.294. The molecule has 2 rings (SSSR count). The molecule has 1 unspecified atom stereocenters. The number of hydrogen-bond acceptors (Lipinski definition) is 1. The van der Waals surface area contributed by atoms with Crippen molar-refractivity contribution in [2.75, 3.05) is 0 Å². The van der Waals surface area contributed by atoms with Gasteiger partial charge in [0, 0.05) is 17.1 Å². The van der Waals surface area contributed by atoms with Crippen molar-refractivity contribution >= 4 is 15.9 Å². The first-order chi connectivity index (χ1) is 9.08. The third kappa shape index (κ3) is 3.68. The molecule has 1 N–H and O–H groups in total. The largest absolute Gasteiger partial charge is 0.306 e. The number of hydrogen-bond donors (Lipinski definition) is 1. The van der Waals surface area contributed by atoms with Crippen LogP contribution in [0.1, 0.15) is 35.2 Å². The zero-order valence-electron chi connectivity index (χ0n) is 11.7. The zero-order chi connectivity index (χ0) is 13.8. The topological polar surface area (TPSA) is 12.0 Å². The van der Waals surface area contributed by atoms with Crippen molar-refractivity contribution in [3.05, 3.63) is 69.2 Å². The summed E-state index contributed by atoms with van der Waals surface area (Å²) in [5, 5.41) is 3.60. The van der Waals surface area contributed by atoms with E-state index in [1.54, 1.807) is 0 Å². The lowest BCUT2D eigenvalue weighted by molar-refractivity contribution is 0.572. The van der Waals surface area contributed by atoms with Gasteiger partial charge in [-0.1, -0.05) is 46.3 Å². The standard InChI is InChI=1S/C17H20BrN/c1-12-5-4-6-13(2)17(12)11-19-14(3)15-7-9-16(18)10-8-15/h4-10,14,19H,11H2,1-3H3. The van der Waals surface area contributed by atoms with Gasteiger partial charge in [0.15, 0.2) is 0 Å². The Hall–Kier alpha value is -1.12. The van der Waals surface area contributed by atoms with Crippen molar-refractivity contribution in [1.82, 2.24) is 5.32 Å². The van der Waals surface area contributed by atoms with Gasteiger partial charge in [0.2, 0.25) is 0 Å². The molecule has 19 heavy (non-hydrogen) atoms. The van der Waals surface area contributed by atoms with E-state index >= 15 is 0 Å². The molecule has 0 spiro atoms. The van der Waals surface area contributed by atoms with Crippen molar-refractivity contribution in [1.29, 1.82) is 0 Å². The highest BCUT2D eigenvalue weighted by molar-refractivity contribution is 9.10. The molecule has 1 nitrogen and oxygen atoms in total. The van der Waals surface area contributed by atoms with E-state index in [0.717, 1.165) is 11.0 Å². The normalized spacial score (nSPS) is 12.4. The Morgan fingerprint density at radius 3 is 2.16 bits per heavy atom. The molecule has 2 heteroatoms. The van der Waals surface area contributed by atoms with E-state index in [4.69, 9.17) is 0 Å². The van der Waals surface area contributed by atoms with E-state index in [1.807, 2.05) is 0 Å². The van der Waals surface area contributed by atoms with Crippen molar-refractivity contribution in [3.8, 4) is 0 Å². The Morgan fingerprint density at radius 1 is 1.00 bits per heavy atom. The lowest BCUT2D eigenvalue weighted by atomic mass is 10.0. The predicted octanol–water partition coefficient (Wildman–Crippen LogP) is 4.92. The summed E-state index contributed by atoms with van der Waals surface area (Å²) in [6, 6.07) is 15.3. The average molecular weight is 318 g/mol. The molecule has 0 saturated carbocycles. The monoisotopic (exact) mass is 317 g/mol. The maximum atomic E-state index is 3.60. The van der Waals surface area contributed by atoms with Crippen LogP contribution >= 0.6 is 15.9 Å². The molecule has 0 heterocycles. The number of benzene rings is 2. The van der Waals surface area contributed by atoms with Gasteiger partial charge >= 0.3 is 0 Å². The lowest BCUT2D eigenvalue weighted by Crippen LogP contribution is -2.19. The molecule has 0 amide bonds. The molecular formula is C17H20BrN. The Balaban J connectivity index is 2.04. The Kier molecular flexibility index (Phi) is 4.78. The molecular weight excluding hydrogens is 298 g/mol. The molecule has 0 aliphatic heterocycles. The van der Waals surface area contributed by atoms with Crippen LogP contribution in [0.15, 0.2) is 46.9 Å². The minimum absolute atomic E-state index is 0.354. The molecule has 0 saturated heterocycles. The summed E-state index contributed by atoms with van der Waals surface area (Å²) in [7, 11) is 0. The van der Waals surface area contributed by atoms with Crippen molar-refractivity contribution in [3.63, 3.8) is 0 Å². The van der Waals surface area contributed by atoms with Gasteiger partial charge in [0.25, 0.3) is 0 Å². The highest BCUT2D eigenvalue weighted by Gasteiger charge is 2.07. The van der Waals surface area contributed by atoms with Gasteiger partial charge in [-0.25, -0.2) is 0 Å². The van der Waals surface area contributed by atoms with Crippen LogP contribution in [0.3, 0.4) is 0 Å². The summed E-state index contributed by atoms with van der Waals surface area (Å²) < 4.78 is 1.12. The van der Waals surface area contributed by atoms with Gasteiger partial charge in [-0.2, -0.15) is 0 Å². The van der Waals surface area contributed by atoms with Crippen LogP contribution in [-0.2, 0) is 6.54 Å². The average Bonchev–Trinajstić information content (AvgIpc) is 2.38. The van der Waals surface area contributed by atoms with Crippen molar-refractivity contribution < 1.29 is 0 Å². The summed E-state index contributed by atoms with van der Waals surface area (Å²) >= 11 is 3.47. The molecule has 0 aliphatic rings. The highest BCUT2D eigenvalue weighted by atomic mass is 79.9. The molecule has 0 fully saturated rings. The van der Waals surface area contributed by atoms with Crippen LogP contribution in [0.2, 0.25) is 0 Å². The maximum Gasteiger partial charge on any atom is 0.0294 e. The second-order valence-corrected chi connectivity index (χ2v) is 5.94.